The Hall–Kier alpha value is -3.36. The summed E-state index contributed by atoms with van der Waals surface area (Å²) in [5.74, 6) is -1.23. The molecule has 0 bridgehead atoms. The van der Waals surface area contributed by atoms with Crippen LogP contribution in [0.5, 0.6) is 5.88 Å². The number of pyridine rings is 1. The molecule has 0 spiro atoms. The number of alkyl halides is 3. The van der Waals surface area contributed by atoms with Crippen LogP contribution in [0.1, 0.15) is 16.1 Å². The Morgan fingerprint density at radius 1 is 1.11 bits per heavy atom. The first kappa shape index (κ1) is 19.4. The number of halogens is 4. The van der Waals surface area contributed by atoms with Gasteiger partial charge in [-0.3, -0.25) is 4.79 Å². The summed E-state index contributed by atoms with van der Waals surface area (Å²) >= 11 is 0. The van der Waals surface area contributed by atoms with Gasteiger partial charge in [0.25, 0.3) is 5.91 Å². The molecule has 0 aliphatic heterocycles. The van der Waals surface area contributed by atoms with Crippen LogP contribution < -0.4 is 10.1 Å². The summed E-state index contributed by atoms with van der Waals surface area (Å²) in [5.41, 5.74) is 0.470. The molecule has 3 aromatic rings. The number of nitrogens with one attached hydrogen (secondary N) is 1. The Bertz CT molecular complexity index is 970. The fourth-order valence-electron chi connectivity index (χ4n) is 2.37. The molecular formula is C19H14F4N2O3. The molecule has 0 saturated heterocycles. The molecule has 0 fully saturated rings. The van der Waals surface area contributed by atoms with Crippen molar-refractivity contribution in [3.63, 3.8) is 0 Å². The van der Waals surface area contributed by atoms with Gasteiger partial charge in [0.05, 0.1) is 5.56 Å². The van der Waals surface area contributed by atoms with E-state index in [-0.39, 0.29) is 35.1 Å². The fourth-order valence-corrected chi connectivity index (χ4v) is 2.37. The molecule has 28 heavy (non-hydrogen) atoms. The number of rotatable bonds is 6. The minimum Gasteiger partial charge on any atom is -0.468 e. The predicted octanol–water partition coefficient (Wildman–Crippen LogP) is 4.35. The van der Waals surface area contributed by atoms with Gasteiger partial charge in [0.2, 0.25) is 5.88 Å². The first-order chi connectivity index (χ1) is 13.3. The van der Waals surface area contributed by atoms with Gasteiger partial charge in [-0.2, -0.15) is 13.2 Å². The van der Waals surface area contributed by atoms with E-state index in [4.69, 9.17) is 4.42 Å². The third-order valence-corrected chi connectivity index (χ3v) is 3.63. The minimum absolute atomic E-state index is 0.0695. The van der Waals surface area contributed by atoms with Crippen LogP contribution in [-0.4, -0.2) is 23.7 Å². The van der Waals surface area contributed by atoms with Crippen LogP contribution in [0.3, 0.4) is 0 Å². The first-order valence-electron chi connectivity index (χ1n) is 8.10. The number of carbonyl (C=O) groups excluding carboxylic acids is 1. The maximum atomic E-state index is 13.8. The summed E-state index contributed by atoms with van der Waals surface area (Å²) in [6, 6.07) is 11.7. The number of benzene rings is 1. The molecule has 5 nitrogen and oxygen atoms in total. The Labute approximate surface area is 157 Å². The van der Waals surface area contributed by atoms with Gasteiger partial charge in [-0.05, 0) is 30.3 Å². The van der Waals surface area contributed by atoms with Gasteiger partial charge in [-0.1, -0.05) is 18.2 Å². The Kier molecular flexibility index (Phi) is 5.62. The Balaban J connectivity index is 1.66. The van der Waals surface area contributed by atoms with Gasteiger partial charge < -0.3 is 14.5 Å². The summed E-state index contributed by atoms with van der Waals surface area (Å²) in [5, 5.41) is 2.50. The highest BCUT2D eigenvalue weighted by Gasteiger charge is 2.29. The second kappa shape index (κ2) is 8.12. The lowest BCUT2D eigenvalue weighted by Crippen LogP contribution is -2.24. The number of hydrogen-bond acceptors (Lipinski definition) is 4. The highest BCUT2D eigenvalue weighted by atomic mass is 19.4. The maximum absolute atomic E-state index is 13.8. The van der Waals surface area contributed by atoms with Crippen LogP contribution in [0.2, 0.25) is 0 Å². The zero-order chi connectivity index (χ0) is 20.1. The zero-order valence-electron chi connectivity index (χ0n) is 14.3. The van der Waals surface area contributed by atoms with Crippen LogP contribution in [0.4, 0.5) is 17.6 Å². The monoisotopic (exact) mass is 394 g/mol. The summed E-state index contributed by atoms with van der Waals surface area (Å²) in [6.07, 6.45) is -3.22. The molecule has 0 unspecified atom stereocenters. The molecule has 2 heterocycles. The molecule has 0 radical (unpaired) electrons. The molecule has 1 aromatic carbocycles. The SMILES string of the molecule is O=C(NCc1cccnc1OCC(F)(F)F)c1ccc(-c2ccccc2F)o1. The first-order valence-corrected chi connectivity index (χ1v) is 8.10. The normalized spacial score (nSPS) is 11.3. The van der Waals surface area contributed by atoms with Crippen molar-refractivity contribution in [1.29, 1.82) is 0 Å². The third kappa shape index (κ3) is 4.87. The molecule has 0 atom stereocenters. The topological polar surface area (TPSA) is 64.4 Å². The Morgan fingerprint density at radius 3 is 2.64 bits per heavy atom. The second-order valence-electron chi connectivity index (χ2n) is 5.70. The molecule has 9 heteroatoms. The van der Waals surface area contributed by atoms with Crippen molar-refractivity contribution in [2.24, 2.45) is 0 Å². The van der Waals surface area contributed by atoms with E-state index in [2.05, 4.69) is 15.0 Å². The lowest BCUT2D eigenvalue weighted by Gasteiger charge is -2.12. The molecule has 146 valence electrons. The molecule has 1 amide bonds. The largest absolute Gasteiger partial charge is 0.468 e. The maximum Gasteiger partial charge on any atom is 0.422 e. The lowest BCUT2D eigenvalue weighted by molar-refractivity contribution is -0.154. The van der Waals surface area contributed by atoms with Crippen molar-refractivity contribution in [2.45, 2.75) is 12.7 Å². The number of hydrogen-bond donors (Lipinski definition) is 1. The van der Waals surface area contributed by atoms with Crippen molar-refractivity contribution >= 4 is 5.91 Å². The van der Waals surface area contributed by atoms with Gasteiger partial charge in [0, 0.05) is 18.3 Å². The van der Waals surface area contributed by atoms with Gasteiger partial charge >= 0.3 is 6.18 Å². The van der Waals surface area contributed by atoms with E-state index in [1.165, 1.54) is 48.7 Å². The van der Waals surface area contributed by atoms with E-state index in [0.29, 0.717) is 0 Å². The molecule has 0 aliphatic rings. The quantitative estimate of drug-likeness (QED) is 0.632. The van der Waals surface area contributed by atoms with Crippen molar-refractivity contribution in [2.75, 3.05) is 6.61 Å². The van der Waals surface area contributed by atoms with Crippen LogP contribution >= 0.6 is 0 Å². The van der Waals surface area contributed by atoms with Crippen molar-refractivity contribution in [1.82, 2.24) is 10.3 Å². The van der Waals surface area contributed by atoms with E-state index < -0.39 is 24.5 Å². The Morgan fingerprint density at radius 2 is 1.89 bits per heavy atom. The van der Waals surface area contributed by atoms with E-state index in [1.54, 1.807) is 6.07 Å². The average molecular weight is 394 g/mol. The molecule has 0 saturated carbocycles. The van der Waals surface area contributed by atoms with Crippen LogP contribution in [0, 0.1) is 5.82 Å². The van der Waals surface area contributed by atoms with Gasteiger partial charge in [0.15, 0.2) is 12.4 Å². The van der Waals surface area contributed by atoms with E-state index >= 15 is 0 Å². The third-order valence-electron chi connectivity index (χ3n) is 3.63. The molecule has 2 aromatic heterocycles. The van der Waals surface area contributed by atoms with Gasteiger partial charge in [0.1, 0.15) is 11.6 Å². The van der Waals surface area contributed by atoms with Gasteiger partial charge in [-0.15, -0.1) is 0 Å². The van der Waals surface area contributed by atoms with Gasteiger partial charge in [-0.25, -0.2) is 9.37 Å². The number of nitrogens with zero attached hydrogens (tertiary/aromatic N) is 1. The summed E-state index contributed by atoms with van der Waals surface area (Å²) in [7, 11) is 0. The zero-order valence-corrected chi connectivity index (χ0v) is 14.3. The number of ether oxygens (including phenoxy) is 1. The molecule has 3 rings (SSSR count). The molecule has 1 N–H and O–H groups in total. The average Bonchev–Trinajstić information content (AvgIpc) is 3.15. The second-order valence-corrected chi connectivity index (χ2v) is 5.70. The number of furan rings is 1. The van der Waals surface area contributed by atoms with Crippen LogP contribution in [-0.2, 0) is 6.54 Å². The predicted molar refractivity (Wildman–Crippen MR) is 91.1 cm³/mol. The van der Waals surface area contributed by atoms with E-state index in [9.17, 15) is 22.4 Å². The van der Waals surface area contributed by atoms with E-state index in [0.717, 1.165) is 0 Å². The lowest BCUT2D eigenvalue weighted by atomic mass is 10.1. The molecule has 0 aliphatic carbocycles. The summed E-state index contributed by atoms with van der Waals surface area (Å²) in [6.45, 7) is -1.62. The number of carbonyl (C=O) groups is 1. The highest BCUT2D eigenvalue weighted by Crippen LogP contribution is 2.25. The minimum atomic E-state index is -4.50. The summed E-state index contributed by atoms with van der Waals surface area (Å²) < 4.78 is 60.8. The van der Waals surface area contributed by atoms with Crippen LogP contribution in [0.15, 0.2) is 59.1 Å². The van der Waals surface area contributed by atoms with Crippen molar-refractivity contribution in [3.8, 4) is 17.2 Å². The standard InChI is InChI=1S/C19H14F4N2O3/c20-14-6-2-1-5-13(14)15-7-8-16(28-15)17(26)25-10-12-4-3-9-24-18(12)27-11-19(21,22)23/h1-9H,10-11H2,(H,25,26). The van der Waals surface area contributed by atoms with Crippen molar-refractivity contribution < 1.29 is 31.5 Å². The number of aromatic nitrogens is 1. The smallest absolute Gasteiger partial charge is 0.422 e. The fraction of sp³-hybridized carbons (Fsp3) is 0.158. The molecular weight excluding hydrogens is 380 g/mol. The van der Waals surface area contributed by atoms with Crippen LogP contribution in [0.25, 0.3) is 11.3 Å². The van der Waals surface area contributed by atoms with E-state index in [1.807, 2.05) is 0 Å². The summed E-state index contributed by atoms with van der Waals surface area (Å²) in [4.78, 5) is 16.0. The highest BCUT2D eigenvalue weighted by molar-refractivity contribution is 5.92. The van der Waals surface area contributed by atoms with Crippen molar-refractivity contribution in [3.05, 3.63) is 71.9 Å². The number of amides is 1.